The summed E-state index contributed by atoms with van der Waals surface area (Å²) in [5.41, 5.74) is 2.43. The summed E-state index contributed by atoms with van der Waals surface area (Å²) < 4.78 is 10.4. The van der Waals surface area contributed by atoms with Crippen molar-refractivity contribution >= 4 is 11.7 Å². The molecule has 150 valence electrons. The van der Waals surface area contributed by atoms with Crippen LogP contribution in [0.4, 0.5) is 5.69 Å². The predicted octanol–water partition coefficient (Wildman–Crippen LogP) is 3.40. The summed E-state index contributed by atoms with van der Waals surface area (Å²) in [5.74, 6) is -0.262. The van der Waals surface area contributed by atoms with Gasteiger partial charge in [0, 0.05) is 25.2 Å². The average molecular weight is 388 g/mol. The third-order valence-corrected chi connectivity index (χ3v) is 4.31. The zero-order valence-electron chi connectivity index (χ0n) is 16.2. The van der Waals surface area contributed by atoms with Gasteiger partial charge in [-0.1, -0.05) is 29.8 Å². The number of rotatable bonds is 10. The Hall–Kier alpha value is -3.13. The van der Waals surface area contributed by atoms with Gasteiger partial charge in [0.15, 0.2) is 11.5 Å². The van der Waals surface area contributed by atoms with Crippen LogP contribution in [0, 0.1) is 17.0 Å². The molecule has 0 aliphatic carbocycles. The van der Waals surface area contributed by atoms with E-state index in [9.17, 15) is 14.9 Å². The fourth-order valence-electron chi connectivity index (χ4n) is 2.98. The summed E-state index contributed by atoms with van der Waals surface area (Å²) in [5, 5.41) is 20.6. The largest absolute Gasteiger partial charge is 0.493 e. The van der Waals surface area contributed by atoms with Gasteiger partial charge in [-0.2, -0.15) is 0 Å². The molecule has 0 aromatic heterocycles. The Morgan fingerprint density at radius 2 is 1.82 bits per heavy atom. The van der Waals surface area contributed by atoms with E-state index in [0.717, 1.165) is 11.1 Å². The van der Waals surface area contributed by atoms with E-state index in [1.54, 1.807) is 6.07 Å². The van der Waals surface area contributed by atoms with Gasteiger partial charge in [0.2, 0.25) is 0 Å². The van der Waals surface area contributed by atoms with Crippen molar-refractivity contribution < 1.29 is 24.3 Å². The smallest absolute Gasteiger partial charge is 0.304 e. The van der Waals surface area contributed by atoms with Crippen LogP contribution in [0.15, 0.2) is 36.4 Å². The van der Waals surface area contributed by atoms with Crippen molar-refractivity contribution in [3.05, 3.63) is 63.2 Å². The molecule has 0 atom stereocenters. The highest BCUT2D eigenvalue weighted by Gasteiger charge is 2.22. The standard InChI is InChI=1S/C20H24N2O6/c1-14-5-4-6-15(9-14)12-21(8-7-20(23)24)13-16-10-18(27-2)19(28-3)11-17(16)22(25)26/h4-6,9-11H,7-8,12-13H2,1-3H3,(H,23,24). The molecule has 0 fully saturated rings. The number of nitrogens with zero attached hydrogens (tertiary/aromatic N) is 2. The van der Waals surface area contributed by atoms with Crippen LogP contribution in [0.2, 0.25) is 0 Å². The number of ether oxygens (including phenoxy) is 2. The highest BCUT2D eigenvalue weighted by Crippen LogP contribution is 2.35. The third kappa shape index (κ3) is 5.68. The molecular weight excluding hydrogens is 364 g/mol. The van der Waals surface area contributed by atoms with E-state index in [0.29, 0.717) is 17.9 Å². The van der Waals surface area contributed by atoms with Gasteiger partial charge < -0.3 is 14.6 Å². The zero-order valence-corrected chi connectivity index (χ0v) is 16.2. The van der Waals surface area contributed by atoms with Crippen molar-refractivity contribution in [3.63, 3.8) is 0 Å². The highest BCUT2D eigenvalue weighted by molar-refractivity contribution is 5.66. The van der Waals surface area contributed by atoms with E-state index in [-0.39, 0.29) is 30.9 Å². The lowest BCUT2D eigenvalue weighted by Crippen LogP contribution is -2.26. The second-order valence-electron chi connectivity index (χ2n) is 6.44. The van der Waals surface area contributed by atoms with Crippen molar-refractivity contribution in [2.45, 2.75) is 26.4 Å². The van der Waals surface area contributed by atoms with Gasteiger partial charge in [0.25, 0.3) is 5.69 Å². The Bertz CT molecular complexity index is 853. The quantitative estimate of drug-likeness (QED) is 0.491. The van der Waals surface area contributed by atoms with E-state index in [4.69, 9.17) is 14.6 Å². The van der Waals surface area contributed by atoms with E-state index in [2.05, 4.69) is 0 Å². The molecule has 0 unspecified atom stereocenters. The minimum atomic E-state index is -0.920. The van der Waals surface area contributed by atoms with Crippen LogP contribution in [-0.2, 0) is 17.9 Å². The molecule has 0 bridgehead atoms. The SMILES string of the molecule is COc1cc(CN(CCC(=O)O)Cc2cccc(C)c2)c([N+](=O)[O-])cc1OC. The first kappa shape index (κ1) is 21.2. The maximum Gasteiger partial charge on any atom is 0.304 e. The molecule has 0 radical (unpaired) electrons. The van der Waals surface area contributed by atoms with Gasteiger partial charge in [0.1, 0.15) is 0 Å². The predicted molar refractivity (Wildman–Crippen MR) is 104 cm³/mol. The lowest BCUT2D eigenvalue weighted by atomic mass is 10.1. The average Bonchev–Trinajstić information content (AvgIpc) is 2.65. The van der Waals surface area contributed by atoms with Crippen LogP contribution in [0.25, 0.3) is 0 Å². The summed E-state index contributed by atoms with van der Waals surface area (Å²) >= 11 is 0. The Labute approximate surface area is 163 Å². The summed E-state index contributed by atoms with van der Waals surface area (Å²) in [4.78, 5) is 24.0. The number of benzene rings is 2. The summed E-state index contributed by atoms with van der Waals surface area (Å²) in [7, 11) is 2.88. The van der Waals surface area contributed by atoms with E-state index < -0.39 is 10.9 Å². The highest BCUT2D eigenvalue weighted by atomic mass is 16.6. The Morgan fingerprint density at radius 3 is 2.39 bits per heavy atom. The molecule has 0 amide bonds. The molecule has 8 nitrogen and oxygen atoms in total. The van der Waals surface area contributed by atoms with Gasteiger partial charge in [0.05, 0.1) is 31.6 Å². The van der Waals surface area contributed by atoms with Gasteiger partial charge in [-0.05, 0) is 18.6 Å². The zero-order chi connectivity index (χ0) is 20.7. The fraction of sp³-hybridized carbons (Fsp3) is 0.350. The monoisotopic (exact) mass is 388 g/mol. The molecule has 0 heterocycles. The lowest BCUT2D eigenvalue weighted by Gasteiger charge is -2.22. The molecular formula is C20H24N2O6. The number of methoxy groups -OCH3 is 2. The number of carbonyl (C=O) groups is 1. The van der Waals surface area contributed by atoms with E-state index in [1.807, 2.05) is 36.1 Å². The Morgan fingerprint density at radius 1 is 1.14 bits per heavy atom. The first-order valence-corrected chi connectivity index (χ1v) is 8.73. The van der Waals surface area contributed by atoms with Gasteiger partial charge >= 0.3 is 5.97 Å². The molecule has 8 heteroatoms. The summed E-state index contributed by atoms with van der Waals surface area (Å²) in [6.07, 6.45) is -0.0626. The number of hydrogen-bond acceptors (Lipinski definition) is 6. The molecule has 0 saturated heterocycles. The van der Waals surface area contributed by atoms with Crippen LogP contribution < -0.4 is 9.47 Å². The topological polar surface area (TPSA) is 102 Å². The maximum absolute atomic E-state index is 11.5. The van der Waals surface area contributed by atoms with Crippen LogP contribution in [-0.4, -0.2) is 41.7 Å². The van der Waals surface area contributed by atoms with Gasteiger partial charge in [-0.3, -0.25) is 19.8 Å². The number of aliphatic carboxylic acids is 1. The van der Waals surface area contributed by atoms with Crippen LogP contribution >= 0.6 is 0 Å². The molecule has 2 aromatic rings. The minimum absolute atomic E-state index is 0.0626. The molecule has 1 N–H and O–H groups in total. The van der Waals surface area contributed by atoms with Crippen molar-refractivity contribution in [2.75, 3.05) is 20.8 Å². The Balaban J connectivity index is 2.36. The molecule has 2 aromatic carbocycles. The molecule has 28 heavy (non-hydrogen) atoms. The van der Waals surface area contributed by atoms with Crippen LogP contribution in [0.1, 0.15) is 23.1 Å². The number of nitro benzene ring substituents is 1. The lowest BCUT2D eigenvalue weighted by molar-refractivity contribution is -0.385. The first-order valence-electron chi connectivity index (χ1n) is 8.73. The molecule has 0 spiro atoms. The number of aryl methyl sites for hydroxylation is 1. The summed E-state index contributed by atoms with van der Waals surface area (Å²) in [6.45, 7) is 2.91. The number of carboxylic acids is 1. The fourth-order valence-corrected chi connectivity index (χ4v) is 2.98. The van der Waals surface area contributed by atoms with E-state index in [1.165, 1.54) is 20.3 Å². The first-order chi connectivity index (χ1) is 13.3. The second-order valence-corrected chi connectivity index (χ2v) is 6.44. The van der Waals surface area contributed by atoms with Gasteiger partial charge in [-0.15, -0.1) is 0 Å². The van der Waals surface area contributed by atoms with E-state index >= 15 is 0 Å². The Kier molecular flexibility index (Phi) is 7.34. The van der Waals surface area contributed by atoms with Crippen molar-refractivity contribution in [1.82, 2.24) is 4.90 Å². The molecule has 0 aliphatic rings. The summed E-state index contributed by atoms with van der Waals surface area (Å²) in [6, 6.07) is 10.8. The van der Waals surface area contributed by atoms with Crippen molar-refractivity contribution in [3.8, 4) is 11.5 Å². The second kappa shape index (κ2) is 9.70. The van der Waals surface area contributed by atoms with Crippen LogP contribution in [0.3, 0.4) is 0 Å². The molecule has 0 aliphatic heterocycles. The van der Waals surface area contributed by atoms with Crippen molar-refractivity contribution in [2.24, 2.45) is 0 Å². The maximum atomic E-state index is 11.5. The van der Waals surface area contributed by atoms with Crippen LogP contribution in [0.5, 0.6) is 11.5 Å². The number of carboxylic acid groups (broad SMARTS) is 1. The number of nitro groups is 1. The third-order valence-electron chi connectivity index (χ3n) is 4.31. The number of hydrogen-bond donors (Lipinski definition) is 1. The van der Waals surface area contributed by atoms with Gasteiger partial charge in [-0.25, -0.2) is 0 Å². The van der Waals surface area contributed by atoms with Crippen molar-refractivity contribution in [1.29, 1.82) is 0 Å². The normalized spacial score (nSPS) is 10.7. The molecule has 2 rings (SSSR count). The minimum Gasteiger partial charge on any atom is -0.493 e. The molecule has 0 saturated carbocycles.